The fourth-order valence-electron chi connectivity index (χ4n) is 2.24. The van der Waals surface area contributed by atoms with Crippen LogP contribution in [0.4, 0.5) is 10.1 Å². The van der Waals surface area contributed by atoms with Crippen molar-refractivity contribution >= 4 is 23.2 Å². The standard InChI is InChI=1S/C14H18ClFN2O/c15-12-6-5-11(16)9-13(12)17-10-14(19)18-7-3-1-2-4-8-18/h5-6,9,17H,1-4,7-8,10H2. The lowest BCUT2D eigenvalue weighted by molar-refractivity contribution is -0.129. The summed E-state index contributed by atoms with van der Waals surface area (Å²) in [7, 11) is 0. The third-order valence-corrected chi connectivity index (χ3v) is 3.65. The van der Waals surface area contributed by atoms with Gasteiger partial charge in [-0.05, 0) is 31.0 Å². The summed E-state index contributed by atoms with van der Waals surface area (Å²) in [6, 6.07) is 4.08. The third-order valence-electron chi connectivity index (χ3n) is 3.32. The molecule has 1 saturated heterocycles. The number of hydrogen-bond acceptors (Lipinski definition) is 2. The predicted octanol–water partition coefficient (Wildman–Crippen LogP) is 3.29. The molecule has 0 aliphatic carbocycles. The number of carbonyl (C=O) groups excluding carboxylic acids is 1. The lowest BCUT2D eigenvalue weighted by Gasteiger charge is -2.20. The fourth-order valence-corrected chi connectivity index (χ4v) is 2.42. The Morgan fingerprint density at radius 3 is 2.63 bits per heavy atom. The van der Waals surface area contributed by atoms with E-state index >= 15 is 0 Å². The molecule has 5 heteroatoms. The Kier molecular flexibility index (Phi) is 5.02. The van der Waals surface area contributed by atoms with E-state index in [2.05, 4.69) is 5.32 Å². The molecule has 104 valence electrons. The van der Waals surface area contributed by atoms with Crippen molar-refractivity contribution in [1.82, 2.24) is 4.90 Å². The van der Waals surface area contributed by atoms with Crippen LogP contribution in [0.5, 0.6) is 0 Å². The molecule has 19 heavy (non-hydrogen) atoms. The molecule has 0 unspecified atom stereocenters. The predicted molar refractivity (Wildman–Crippen MR) is 74.9 cm³/mol. The number of rotatable bonds is 3. The first kappa shape index (κ1) is 14.1. The highest BCUT2D eigenvalue weighted by Crippen LogP contribution is 2.22. The third kappa shape index (κ3) is 4.10. The average molecular weight is 285 g/mol. The van der Waals surface area contributed by atoms with Gasteiger partial charge in [-0.3, -0.25) is 4.79 Å². The minimum absolute atomic E-state index is 0.0437. The number of anilines is 1. The molecular weight excluding hydrogens is 267 g/mol. The summed E-state index contributed by atoms with van der Waals surface area (Å²) in [6.45, 7) is 1.79. The molecule has 3 nitrogen and oxygen atoms in total. The number of nitrogens with zero attached hydrogens (tertiary/aromatic N) is 1. The number of carbonyl (C=O) groups is 1. The first-order valence-corrected chi connectivity index (χ1v) is 7.01. The lowest BCUT2D eigenvalue weighted by Crippen LogP contribution is -2.36. The van der Waals surface area contributed by atoms with Gasteiger partial charge in [0.25, 0.3) is 0 Å². The molecular formula is C14H18ClFN2O. The molecule has 1 fully saturated rings. The largest absolute Gasteiger partial charge is 0.375 e. The number of halogens is 2. The molecule has 0 aromatic heterocycles. The molecule has 2 rings (SSSR count). The van der Waals surface area contributed by atoms with Crippen molar-refractivity contribution < 1.29 is 9.18 Å². The van der Waals surface area contributed by atoms with Crippen molar-refractivity contribution in [3.8, 4) is 0 Å². The van der Waals surface area contributed by atoms with Crippen LogP contribution in [0.3, 0.4) is 0 Å². The summed E-state index contributed by atoms with van der Waals surface area (Å²) >= 11 is 5.94. The van der Waals surface area contributed by atoms with Crippen molar-refractivity contribution in [1.29, 1.82) is 0 Å². The quantitative estimate of drug-likeness (QED) is 0.924. The van der Waals surface area contributed by atoms with Crippen LogP contribution in [0.25, 0.3) is 0 Å². The molecule has 1 amide bonds. The zero-order valence-corrected chi connectivity index (χ0v) is 11.5. The van der Waals surface area contributed by atoms with Crippen LogP contribution < -0.4 is 5.32 Å². The Labute approximate surface area is 117 Å². The fraction of sp³-hybridized carbons (Fsp3) is 0.500. The Hall–Kier alpha value is -1.29. The Balaban J connectivity index is 1.90. The number of likely N-dealkylation sites (tertiary alicyclic amines) is 1. The molecule has 1 aliphatic heterocycles. The van der Waals surface area contributed by atoms with E-state index in [1.54, 1.807) is 0 Å². The van der Waals surface area contributed by atoms with E-state index in [0.29, 0.717) is 10.7 Å². The Morgan fingerprint density at radius 2 is 1.95 bits per heavy atom. The van der Waals surface area contributed by atoms with Crippen molar-refractivity contribution in [2.24, 2.45) is 0 Å². The van der Waals surface area contributed by atoms with E-state index in [1.165, 1.54) is 31.0 Å². The van der Waals surface area contributed by atoms with Crippen molar-refractivity contribution in [2.75, 3.05) is 25.0 Å². The summed E-state index contributed by atoms with van der Waals surface area (Å²) in [4.78, 5) is 13.9. The monoisotopic (exact) mass is 284 g/mol. The first-order chi connectivity index (χ1) is 9.16. The molecule has 1 heterocycles. The van der Waals surface area contributed by atoms with Gasteiger partial charge in [0.2, 0.25) is 5.91 Å². The van der Waals surface area contributed by atoms with Crippen LogP contribution in [0.1, 0.15) is 25.7 Å². The van der Waals surface area contributed by atoms with Gasteiger partial charge >= 0.3 is 0 Å². The van der Waals surface area contributed by atoms with Gasteiger partial charge in [0.15, 0.2) is 0 Å². The minimum atomic E-state index is -0.367. The van der Waals surface area contributed by atoms with Gasteiger partial charge in [-0.15, -0.1) is 0 Å². The zero-order chi connectivity index (χ0) is 13.7. The number of benzene rings is 1. The second-order valence-electron chi connectivity index (χ2n) is 4.77. The molecule has 0 spiro atoms. The van der Waals surface area contributed by atoms with Crippen LogP contribution in [0.15, 0.2) is 18.2 Å². The van der Waals surface area contributed by atoms with Crippen LogP contribution >= 0.6 is 11.6 Å². The van der Waals surface area contributed by atoms with Gasteiger partial charge < -0.3 is 10.2 Å². The summed E-state index contributed by atoms with van der Waals surface area (Å²) in [6.07, 6.45) is 4.50. The lowest BCUT2D eigenvalue weighted by atomic mass is 10.2. The highest BCUT2D eigenvalue weighted by Gasteiger charge is 2.15. The van der Waals surface area contributed by atoms with Crippen molar-refractivity contribution in [3.63, 3.8) is 0 Å². The molecule has 0 bridgehead atoms. The van der Waals surface area contributed by atoms with Crippen LogP contribution in [0, 0.1) is 5.82 Å². The van der Waals surface area contributed by atoms with Gasteiger partial charge in [-0.2, -0.15) is 0 Å². The van der Waals surface area contributed by atoms with Gasteiger partial charge in [-0.25, -0.2) is 4.39 Å². The summed E-state index contributed by atoms with van der Waals surface area (Å²) < 4.78 is 13.1. The maximum absolute atomic E-state index is 13.1. The van der Waals surface area contributed by atoms with E-state index in [4.69, 9.17) is 11.6 Å². The highest BCUT2D eigenvalue weighted by atomic mass is 35.5. The molecule has 1 aliphatic rings. The van der Waals surface area contributed by atoms with Crippen LogP contribution in [-0.2, 0) is 4.79 Å². The zero-order valence-electron chi connectivity index (χ0n) is 10.8. The van der Waals surface area contributed by atoms with E-state index in [0.717, 1.165) is 25.9 Å². The average Bonchev–Trinajstić information content (AvgIpc) is 2.68. The molecule has 1 N–H and O–H groups in total. The summed E-state index contributed by atoms with van der Waals surface area (Å²) in [5, 5.41) is 3.33. The Bertz CT molecular complexity index is 445. The number of hydrogen-bond donors (Lipinski definition) is 1. The smallest absolute Gasteiger partial charge is 0.241 e. The van der Waals surface area contributed by atoms with E-state index in [1.807, 2.05) is 4.90 Å². The summed E-state index contributed by atoms with van der Waals surface area (Å²) in [5.41, 5.74) is 0.463. The van der Waals surface area contributed by atoms with E-state index in [-0.39, 0.29) is 18.3 Å². The van der Waals surface area contributed by atoms with Gasteiger partial charge in [0, 0.05) is 13.1 Å². The first-order valence-electron chi connectivity index (χ1n) is 6.63. The molecule has 0 atom stereocenters. The van der Waals surface area contributed by atoms with Crippen molar-refractivity contribution in [2.45, 2.75) is 25.7 Å². The van der Waals surface area contributed by atoms with Crippen LogP contribution in [-0.4, -0.2) is 30.4 Å². The van der Waals surface area contributed by atoms with E-state index in [9.17, 15) is 9.18 Å². The molecule has 0 radical (unpaired) electrons. The highest BCUT2D eigenvalue weighted by molar-refractivity contribution is 6.33. The maximum atomic E-state index is 13.1. The van der Waals surface area contributed by atoms with Gasteiger partial charge in [0.1, 0.15) is 5.82 Å². The maximum Gasteiger partial charge on any atom is 0.241 e. The normalized spacial score (nSPS) is 16.0. The molecule has 1 aromatic rings. The van der Waals surface area contributed by atoms with E-state index < -0.39 is 0 Å². The van der Waals surface area contributed by atoms with Crippen molar-refractivity contribution in [3.05, 3.63) is 29.0 Å². The van der Waals surface area contributed by atoms with Gasteiger partial charge in [0.05, 0.1) is 17.3 Å². The second-order valence-corrected chi connectivity index (χ2v) is 5.18. The summed E-state index contributed by atoms with van der Waals surface area (Å²) in [5.74, 6) is -0.323. The molecule has 1 aromatic carbocycles. The second kappa shape index (κ2) is 6.75. The number of amides is 1. The SMILES string of the molecule is O=C(CNc1cc(F)ccc1Cl)N1CCCCCC1. The Morgan fingerprint density at radius 1 is 1.26 bits per heavy atom. The number of nitrogens with one attached hydrogen (secondary N) is 1. The topological polar surface area (TPSA) is 32.3 Å². The molecule has 0 saturated carbocycles. The minimum Gasteiger partial charge on any atom is -0.375 e. The van der Waals surface area contributed by atoms with Crippen LogP contribution in [0.2, 0.25) is 5.02 Å². The van der Waals surface area contributed by atoms with Gasteiger partial charge in [-0.1, -0.05) is 24.4 Å².